The molecule has 0 amide bonds. The fourth-order valence-corrected chi connectivity index (χ4v) is 3.70. The molecule has 1 aliphatic heterocycles. The average molecular weight is 370 g/mol. The van der Waals surface area contributed by atoms with E-state index in [2.05, 4.69) is 22.5 Å². The van der Waals surface area contributed by atoms with Crippen molar-refractivity contribution in [2.24, 2.45) is 10.9 Å². The fraction of sp³-hybridized carbons (Fsp3) is 0.950. The van der Waals surface area contributed by atoms with Crippen molar-refractivity contribution < 1.29 is 14.2 Å². The Morgan fingerprint density at radius 2 is 2.04 bits per heavy atom. The summed E-state index contributed by atoms with van der Waals surface area (Å²) in [6.45, 7) is 8.07. The molecule has 152 valence electrons. The van der Waals surface area contributed by atoms with Crippen molar-refractivity contribution >= 4 is 5.96 Å². The lowest BCUT2D eigenvalue weighted by Gasteiger charge is -2.37. The van der Waals surface area contributed by atoms with Crippen molar-refractivity contribution in [1.82, 2.24) is 10.6 Å². The van der Waals surface area contributed by atoms with Crippen LogP contribution in [-0.4, -0.2) is 64.7 Å². The highest BCUT2D eigenvalue weighted by atomic mass is 16.5. The summed E-state index contributed by atoms with van der Waals surface area (Å²) in [4.78, 5) is 4.35. The summed E-state index contributed by atoms with van der Waals surface area (Å²) < 4.78 is 17.4. The maximum atomic E-state index is 6.25. The third kappa shape index (κ3) is 7.80. The maximum absolute atomic E-state index is 6.25. The van der Waals surface area contributed by atoms with Gasteiger partial charge in [0.25, 0.3) is 0 Å². The minimum absolute atomic E-state index is 0.0155. The second-order valence-corrected chi connectivity index (χ2v) is 7.60. The summed E-state index contributed by atoms with van der Waals surface area (Å²) in [6.07, 6.45) is 9.34. The zero-order valence-electron chi connectivity index (χ0n) is 16.9. The summed E-state index contributed by atoms with van der Waals surface area (Å²) in [5, 5.41) is 6.87. The minimum Gasteiger partial charge on any atom is -0.381 e. The van der Waals surface area contributed by atoms with E-state index >= 15 is 0 Å². The van der Waals surface area contributed by atoms with Gasteiger partial charge in [0, 0.05) is 45.9 Å². The molecule has 2 rings (SSSR count). The van der Waals surface area contributed by atoms with Crippen molar-refractivity contribution in [2.45, 2.75) is 63.9 Å². The molecule has 1 heterocycles. The Balaban J connectivity index is 1.59. The van der Waals surface area contributed by atoms with Gasteiger partial charge < -0.3 is 24.8 Å². The molecular formula is C20H39N3O3. The van der Waals surface area contributed by atoms with Crippen molar-refractivity contribution in [2.75, 3.05) is 53.2 Å². The van der Waals surface area contributed by atoms with E-state index in [-0.39, 0.29) is 5.60 Å². The second-order valence-electron chi connectivity index (χ2n) is 7.60. The van der Waals surface area contributed by atoms with E-state index in [1.54, 1.807) is 0 Å². The molecule has 1 unspecified atom stereocenters. The first-order valence-corrected chi connectivity index (χ1v) is 10.5. The van der Waals surface area contributed by atoms with Gasteiger partial charge in [0.05, 0.1) is 18.8 Å². The molecule has 2 aliphatic rings. The van der Waals surface area contributed by atoms with Crippen molar-refractivity contribution in [3.63, 3.8) is 0 Å². The third-order valence-electron chi connectivity index (χ3n) is 5.31. The highest BCUT2D eigenvalue weighted by Gasteiger charge is 2.32. The molecule has 0 aromatic carbocycles. The summed E-state index contributed by atoms with van der Waals surface area (Å²) in [6, 6.07) is 0. The number of nitrogens with one attached hydrogen (secondary N) is 2. The van der Waals surface area contributed by atoms with Crippen LogP contribution in [-0.2, 0) is 14.2 Å². The SMILES string of the molecule is CCCOC1(CNC(=NC)NCCCOCC2CCOC2)CCCCC1. The van der Waals surface area contributed by atoms with Crippen molar-refractivity contribution in [1.29, 1.82) is 0 Å². The molecular weight excluding hydrogens is 330 g/mol. The van der Waals surface area contributed by atoms with E-state index in [9.17, 15) is 0 Å². The largest absolute Gasteiger partial charge is 0.381 e. The summed E-state index contributed by atoms with van der Waals surface area (Å²) in [5.41, 5.74) is -0.0155. The molecule has 2 N–H and O–H groups in total. The summed E-state index contributed by atoms with van der Waals surface area (Å²) in [5.74, 6) is 1.45. The average Bonchev–Trinajstić information content (AvgIpc) is 3.19. The van der Waals surface area contributed by atoms with E-state index in [4.69, 9.17) is 14.2 Å². The Kier molecular flexibility index (Phi) is 10.3. The zero-order chi connectivity index (χ0) is 18.5. The van der Waals surface area contributed by atoms with Crippen LogP contribution in [0.5, 0.6) is 0 Å². The monoisotopic (exact) mass is 369 g/mol. The second kappa shape index (κ2) is 12.5. The van der Waals surface area contributed by atoms with Crippen LogP contribution in [0.1, 0.15) is 58.3 Å². The number of rotatable bonds is 11. The van der Waals surface area contributed by atoms with Crippen molar-refractivity contribution in [3.05, 3.63) is 0 Å². The maximum Gasteiger partial charge on any atom is 0.191 e. The van der Waals surface area contributed by atoms with Gasteiger partial charge in [-0.3, -0.25) is 4.99 Å². The molecule has 1 saturated heterocycles. The fourth-order valence-electron chi connectivity index (χ4n) is 3.70. The summed E-state index contributed by atoms with van der Waals surface area (Å²) >= 11 is 0. The predicted molar refractivity (Wildman–Crippen MR) is 106 cm³/mol. The first-order chi connectivity index (χ1) is 12.8. The zero-order valence-corrected chi connectivity index (χ0v) is 16.9. The Morgan fingerprint density at radius 1 is 1.19 bits per heavy atom. The van der Waals surface area contributed by atoms with Crippen LogP contribution in [0.4, 0.5) is 0 Å². The van der Waals surface area contributed by atoms with Gasteiger partial charge in [-0.15, -0.1) is 0 Å². The number of ether oxygens (including phenoxy) is 3. The van der Waals surface area contributed by atoms with Gasteiger partial charge in [0.2, 0.25) is 0 Å². The molecule has 0 bridgehead atoms. The van der Waals surface area contributed by atoms with Crippen LogP contribution in [0.2, 0.25) is 0 Å². The van der Waals surface area contributed by atoms with Gasteiger partial charge >= 0.3 is 0 Å². The number of guanidine groups is 1. The quantitative estimate of drug-likeness (QED) is 0.333. The summed E-state index contributed by atoms with van der Waals surface area (Å²) in [7, 11) is 1.83. The van der Waals surface area contributed by atoms with Gasteiger partial charge in [-0.2, -0.15) is 0 Å². The molecule has 2 fully saturated rings. The third-order valence-corrected chi connectivity index (χ3v) is 5.31. The molecule has 0 radical (unpaired) electrons. The molecule has 1 atom stereocenters. The van der Waals surface area contributed by atoms with Crippen LogP contribution in [0.3, 0.4) is 0 Å². The van der Waals surface area contributed by atoms with E-state index in [1.165, 1.54) is 19.3 Å². The standard InChI is InChI=1S/C20H39N3O3/c1-3-12-26-20(9-5-4-6-10-20)17-23-19(21-2)22-11-7-13-24-15-18-8-14-25-16-18/h18H,3-17H2,1-2H3,(H2,21,22,23). The highest BCUT2D eigenvalue weighted by Crippen LogP contribution is 2.31. The predicted octanol–water partition coefficient (Wildman–Crippen LogP) is 2.72. The molecule has 0 aromatic rings. The Labute approximate surface area is 159 Å². The topological polar surface area (TPSA) is 64.1 Å². The normalized spacial score (nSPS) is 23.2. The first-order valence-electron chi connectivity index (χ1n) is 10.5. The molecule has 0 aromatic heterocycles. The number of aliphatic imine (C=N–C) groups is 1. The smallest absolute Gasteiger partial charge is 0.191 e. The van der Waals surface area contributed by atoms with Gasteiger partial charge in [-0.1, -0.05) is 26.2 Å². The molecule has 6 heteroatoms. The first kappa shape index (κ1) is 21.5. The van der Waals surface area contributed by atoms with Gasteiger partial charge in [-0.25, -0.2) is 0 Å². The van der Waals surface area contributed by atoms with Gasteiger partial charge in [0.1, 0.15) is 0 Å². The van der Waals surface area contributed by atoms with Crippen LogP contribution in [0.15, 0.2) is 4.99 Å². The van der Waals surface area contributed by atoms with Crippen LogP contribution in [0, 0.1) is 5.92 Å². The van der Waals surface area contributed by atoms with Gasteiger partial charge in [-0.05, 0) is 32.1 Å². The Hall–Kier alpha value is -0.850. The minimum atomic E-state index is -0.0155. The molecule has 6 nitrogen and oxygen atoms in total. The van der Waals surface area contributed by atoms with Crippen molar-refractivity contribution in [3.8, 4) is 0 Å². The number of nitrogens with zero attached hydrogens (tertiary/aromatic N) is 1. The molecule has 1 saturated carbocycles. The van der Waals surface area contributed by atoms with Crippen LogP contribution in [0.25, 0.3) is 0 Å². The lowest BCUT2D eigenvalue weighted by atomic mass is 9.84. The molecule has 1 aliphatic carbocycles. The van der Waals surface area contributed by atoms with E-state index in [1.807, 2.05) is 7.05 Å². The highest BCUT2D eigenvalue weighted by molar-refractivity contribution is 5.79. The lowest BCUT2D eigenvalue weighted by Crippen LogP contribution is -2.49. The van der Waals surface area contributed by atoms with Crippen LogP contribution < -0.4 is 10.6 Å². The van der Waals surface area contributed by atoms with E-state index < -0.39 is 0 Å². The van der Waals surface area contributed by atoms with E-state index in [0.29, 0.717) is 5.92 Å². The van der Waals surface area contributed by atoms with E-state index in [0.717, 1.165) is 84.2 Å². The Bertz CT molecular complexity index is 392. The molecule has 0 spiro atoms. The lowest BCUT2D eigenvalue weighted by molar-refractivity contribution is -0.0657. The number of hydrogen-bond acceptors (Lipinski definition) is 4. The number of hydrogen-bond donors (Lipinski definition) is 2. The Morgan fingerprint density at radius 3 is 2.73 bits per heavy atom. The molecule has 26 heavy (non-hydrogen) atoms. The van der Waals surface area contributed by atoms with Crippen LogP contribution >= 0.6 is 0 Å². The van der Waals surface area contributed by atoms with Gasteiger partial charge in [0.15, 0.2) is 5.96 Å².